The van der Waals surface area contributed by atoms with Crippen LogP contribution in [-0.2, 0) is 4.57 Å². The molecule has 0 aliphatic heterocycles. The molecule has 0 heterocycles. The van der Waals surface area contributed by atoms with Gasteiger partial charge in [0.25, 0.3) is 0 Å². The van der Waals surface area contributed by atoms with Gasteiger partial charge in [-0.1, -0.05) is 23.7 Å². The van der Waals surface area contributed by atoms with Gasteiger partial charge in [-0.15, -0.1) is 0 Å². The van der Waals surface area contributed by atoms with Crippen LogP contribution in [0.1, 0.15) is 5.56 Å². The first-order valence-electron chi connectivity index (χ1n) is 4.27. The zero-order valence-electron chi connectivity index (χ0n) is 8.27. The van der Waals surface area contributed by atoms with Gasteiger partial charge in [0.15, 0.2) is 0 Å². The lowest BCUT2D eigenvalue weighted by Gasteiger charge is -1.99. The van der Waals surface area contributed by atoms with Crippen molar-refractivity contribution in [3.05, 3.63) is 34.9 Å². The highest BCUT2D eigenvalue weighted by Gasteiger charge is 2.03. The van der Waals surface area contributed by atoms with Crippen LogP contribution in [0.25, 0.3) is 0 Å². The van der Waals surface area contributed by atoms with E-state index >= 15 is 0 Å². The van der Waals surface area contributed by atoms with Crippen molar-refractivity contribution >= 4 is 25.0 Å². The molecule has 1 aromatic rings. The van der Waals surface area contributed by atoms with Crippen LogP contribution in [0, 0.1) is 0 Å². The van der Waals surface area contributed by atoms with Crippen LogP contribution in [0.4, 0.5) is 0 Å². The highest BCUT2D eigenvalue weighted by Crippen LogP contribution is 2.35. The number of benzene rings is 1. The molecule has 1 aromatic carbocycles. The van der Waals surface area contributed by atoms with Gasteiger partial charge in [0.1, 0.15) is 7.14 Å². The van der Waals surface area contributed by atoms with E-state index in [9.17, 15) is 4.57 Å². The molecule has 0 N–H and O–H groups in total. The second kappa shape index (κ2) is 4.77. The van der Waals surface area contributed by atoms with Gasteiger partial charge in [-0.2, -0.15) is 0 Å². The van der Waals surface area contributed by atoms with Gasteiger partial charge in [0.2, 0.25) is 0 Å². The topological polar surface area (TPSA) is 29.4 Å². The maximum atomic E-state index is 11.3. The molecule has 0 bridgehead atoms. The lowest BCUT2D eigenvalue weighted by molar-refractivity contribution is 0.582. The minimum Gasteiger partial charge on any atom is -0.322 e. The van der Waals surface area contributed by atoms with Crippen molar-refractivity contribution < 1.29 is 4.57 Å². The predicted molar refractivity (Wildman–Crippen MR) is 63.4 cm³/mol. The minimum absolute atomic E-state index is 0.398. The Kier molecular flexibility index (Phi) is 3.91. The monoisotopic (exact) mass is 229 g/mol. The number of hydrogen-bond donors (Lipinski definition) is 0. The molecule has 0 spiro atoms. The predicted octanol–water partition coefficient (Wildman–Crippen LogP) is 3.34. The molecule has 0 fully saturated rings. The smallest absolute Gasteiger partial charge is 0.102 e. The van der Waals surface area contributed by atoms with E-state index in [1.54, 1.807) is 31.7 Å². The number of nitrogens with zero attached hydrogens (tertiary/aromatic N) is 1. The summed E-state index contributed by atoms with van der Waals surface area (Å²) >= 11 is 5.73. The fourth-order valence-electron chi connectivity index (χ4n) is 0.892. The average Bonchev–Trinajstić information content (AvgIpc) is 2.06. The normalized spacial score (nSPS) is 12.2. The molecule has 0 aromatic heterocycles. The van der Waals surface area contributed by atoms with Crippen LogP contribution in [0.2, 0.25) is 5.02 Å². The Morgan fingerprint density at radius 2 is 1.93 bits per heavy atom. The van der Waals surface area contributed by atoms with E-state index in [4.69, 9.17) is 11.6 Å². The summed E-state index contributed by atoms with van der Waals surface area (Å²) < 4.78 is 11.3. The first-order valence-corrected chi connectivity index (χ1v) is 7.43. The van der Waals surface area contributed by atoms with Crippen molar-refractivity contribution in [2.45, 2.75) is 0 Å². The second-order valence-electron chi connectivity index (χ2n) is 3.58. The Bertz CT molecular complexity index is 366. The average molecular weight is 230 g/mol. The van der Waals surface area contributed by atoms with Crippen molar-refractivity contribution in [3.8, 4) is 0 Å². The van der Waals surface area contributed by atoms with Crippen molar-refractivity contribution in [1.82, 2.24) is 0 Å². The fourth-order valence-corrected chi connectivity index (χ4v) is 1.49. The lowest BCUT2D eigenvalue weighted by Crippen LogP contribution is -1.84. The molecule has 0 aliphatic rings. The number of halogens is 1. The number of rotatable bonds is 3. The quantitative estimate of drug-likeness (QED) is 0.577. The summed E-state index contributed by atoms with van der Waals surface area (Å²) in [5.41, 5.74) is 0.975. The van der Waals surface area contributed by atoms with Gasteiger partial charge in [-0.05, 0) is 31.0 Å². The van der Waals surface area contributed by atoms with E-state index in [0.717, 1.165) is 5.56 Å². The van der Waals surface area contributed by atoms with Gasteiger partial charge in [-0.25, -0.2) is 0 Å². The Labute approximate surface area is 89.4 Å². The Balaban J connectivity index is 2.61. The summed E-state index contributed by atoms with van der Waals surface area (Å²) in [6, 6.07) is 7.37. The molecule has 0 saturated heterocycles. The highest BCUT2D eigenvalue weighted by molar-refractivity contribution is 7.62. The second-order valence-corrected chi connectivity index (χ2v) is 7.45. The molecular formula is C10H13ClNOP. The van der Waals surface area contributed by atoms with E-state index in [1.165, 1.54) is 0 Å². The Morgan fingerprint density at radius 3 is 2.43 bits per heavy atom. The third-order valence-electron chi connectivity index (χ3n) is 1.53. The van der Waals surface area contributed by atoms with Crippen molar-refractivity contribution in [2.75, 3.05) is 19.6 Å². The first kappa shape index (κ1) is 11.5. The van der Waals surface area contributed by atoms with Crippen LogP contribution < -0.4 is 0 Å². The van der Waals surface area contributed by atoms with Crippen LogP contribution in [-0.4, -0.2) is 25.8 Å². The van der Waals surface area contributed by atoms with E-state index in [-0.39, 0.29) is 0 Å². The van der Waals surface area contributed by atoms with E-state index in [2.05, 4.69) is 4.99 Å². The molecular weight excluding hydrogens is 217 g/mol. The van der Waals surface area contributed by atoms with Crippen LogP contribution in [0.3, 0.4) is 0 Å². The summed E-state index contributed by atoms with van der Waals surface area (Å²) in [6.07, 6.45) is 2.12. The van der Waals surface area contributed by atoms with Crippen molar-refractivity contribution in [3.63, 3.8) is 0 Å². The molecule has 0 radical (unpaired) electrons. The first-order chi connectivity index (χ1) is 6.47. The van der Waals surface area contributed by atoms with Crippen LogP contribution >= 0.6 is 18.7 Å². The third kappa shape index (κ3) is 4.59. The molecule has 2 nitrogen and oxygen atoms in total. The van der Waals surface area contributed by atoms with Crippen LogP contribution in [0.5, 0.6) is 0 Å². The maximum Gasteiger partial charge on any atom is 0.102 e. The maximum absolute atomic E-state index is 11.3. The zero-order valence-corrected chi connectivity index (χ0v) is 9.92. The van der Waals surface area contributed by atoms with Crippen molar-refractivity contribution in [2.24, 2.45) is 4.99 Å². The minimum atomic E-state index is -2.04. The Hall–Kier alpha value is -0.590. The number of aliphatic imine (C=N–C) groups is 1. The summed E-state index contributed by atoms with van der Waals surface area (Å²) in [6.45, 7) is 3.46. The standard InChI is InChI=1S/C10H13ClNOP/c1-14(2,13)8-12-7-9-3-5-10(11)6-4-9/h3-7H,8H2,1-2H3/b12-7+. The molecule has 0 atom stereocenters. The SMILES string of the molecule is CP(C)(=O)C/N=C/c1ccc(Cl)cc1. The van der Waals surface area contributed by atoms with E-state index < -0.39 is 7.14 Å². The molecule has 1 rings (SSSR count). The fraction of sp³-hybridized carbons (Fsp3) is 0.300. The zero-order chi connectivity index (χ0) is 10.6. The van der Waals surface area contributed by atoms with Gasteiger partial charge >= 0.3 is 0 Å². The highest BCUT2D eigenvalue weighted by atomic mass is 35.5. The molecule has 0 saturated carbocycles. The Morgan fingerprint density at radius 1 is 1.36 bits per heavy atom. The van der Waals surface area contributed by atoms with E-state index in [0.29, 0.717) is 11.3 Å². The summed E-state index contributed by atoms with van der Waals surface area (Å²) in [5, 5.41) is 0.707. The molecule has 76 valence electrons. The van der Waals surface area contributed by atoms with Gasteiger partial charge < -0.3 is 4.57 Å². The third-order valence-corrected chi connectivity index (χ3v) is 2.63. The van der Waals surface area contributed by atoms with Crippen molar-refractivity contribution in [1.29, 1.82) is 0 Å². The van der Waals surface area contributed by atoms with Gasteiger partial charge in [-0.3, -0.25) is 4.99 Å². The summed E-state index contributed by atoms with van der Waals surface area (Å²) in [4.78, 5) is 4.11. The van der Waals surface area contributed by atoms with Crippen LogP contribution in [0.15, 0.2) is 29.3 Å². The summed E-state index contributed by atoms with van der Waals surface area (Å²) in [5.74, 6) is 0. The molecule has 4 heteroatoms. The molecule has 0 aliphatic carbocycles. The lowest BCUT2D eigenvalue weighted by atomic mass is 10.2. The molecule has 0 unspecified atom stereocenters. The number of hydrogen-bond acceptors (Lipinski definition) is 2. The van der Waals surface area contributed by atoms with E-state index in [1.807, 2.05) is 12.1 Å². The summed E-state index contributed by atoms with van der Waals surface area (Å²) in [7, 11) is -2.04. The molecule has 14 heavy (non-hydrogen) atoms. The van der Waals surface area contributed by atoms with Gasteiger partial charge in [0, 0.05) is 11.2 Å². The van der Waals surface area contributed by atoms with Gasteiger partial charge in [0.05, 0.1) is 6.29 Å². The largest absolute Gasteiger partial charge is 0.322 e. The molecule has 0 amide bonds.